The first kappa shape index (κ1) is 26.4. The van der Waals surface area contributed by atoms with E-state index in [0.717, 1.165) is 19.3 Å². The molecule has 0 aliphatic heterocycles. The molecule has 0 saturated carbocycles. The zero-order valence-corrected chi connectivity index (χ0v) is 18.3. The monoisotopic (exact) mass is 371 g/mol. The third-order valence-corrected chi connectivity index (χ3v) is 4.82. The third kappa shape index (κ3) is 18.5. The van der Waals surface area contributed by atoms with Crippen LogP contribution in [-0.4, -0.2) is 20.5 Å². The van der Waals surface area contributed by atoms with Crippen LogP contribution in [0.2, 0.25) is 0 Å². The fourth-order valence-corrected chi connectivity index (χ4v) is 3.18. The molecular weight excluding hydrogens is 337 g/mol. The van der Waals surface area contributed by atoms with Crippen LogP contribution in [0.3, 0.4) is 0 Å². The van der Waals surface area contributed by atoms with Crippen LogP contribution < -0.4 is 35.0 Å². The molecule has 0 bridgehead atoms. The van der Waals surface area contributed by atoms with Crippen LogP contribution in [0.15, 0.2) is 12.3 Å². The van der Waals surface area contributed by atoms with Crippen LogP contribution >= 0.6 is 0 Å². The molecule has 0 unspecified atom stereocenters. The Bertz CT molecular complexity index is 419. The molecule has 0 spiro atoms. The molecule has 0 atom stereocenters. The standard InChI is InChI=1S/C17H33NO4S.Na.H/c1-3-4-5-6-7-8-9-10-11-12-13-14-15-23(20,21)22-18-17(2)16-19;;/h16,18H,2-15H2,1H3;;/q;+1;-1. The fourth-order valence-electron chi connectivity index (χ4n) is 2.30. The SMILES string of the molecule is C=C(C=O)NOS(=O)(=O)CCCCCCCCCCCCCC.[H-].[Na+]. The molecule has 7 heteroatoms. The molecule has 5 nitrogen and oxygen atoms in total. The second-order valence-corrected chi connectivity index (χ2v) is 7.67. The van der Waals surface area contributed by atoms with Crippen molar-refractivity contribution in [3.8, 4) is 0 Å². The first-order valence-electron chi connectivity index (χ1n) is 8.83. The average Bonchev–Trinajstić information content (AvgIpc) is 2.53. The van der Waals surface area contributed by atoms with E-state index >= 15 is 0 Å². The van der Waals surface area contributed by atoms with Crippen molar-refractivity contribution in [2.45, 2.75) is 84.0 Å². The van der Waals surface area contributed by atoms with Gasteiger partial charge < -0.3 is 1.43 Å². The topological polar surface area (TPSA) is 72.5 Å². The summed E-state index contributed by atoms with van der Waals surface area (Å²) < 4.78 is 27.5. The number of rotatable bonds is 17. The van der Waals surface area contributed by atoms with E-state index in [2.05, 4.69) is 17.8 Å². The van der Waals surface area contributed by atoms with Gasteiger partial charge in [0.25, 0.3) is 10.1 Å². The molecule has 0 amide bonds. The van der Waals surface area contributed by atoms with Crippen LogP contribution in [0.4, 0.5) is 0 Å². The zero-order chi connectivity index (χ0) is 17.4. The molecule has 0 aromatic rings. The van der Waals surface area contributed by atoms with E-state index in [4.69, 9.17) is 0 Å². The normalized spacial score (nSPS) is 10.9. The maximum Gasteiger partial charge on any atom is 1.00 e. The molecule has 24 heavy (non-hydrogen) atoms. The van der Waals surface area contributed by atoms with Gasteiger partial charge in [-0.3, -0.25) is 4.79 Å². The van der Waals surface area contributed by atoms with Gasteiger partial charge in [-0.1, -0.05) is 84.1 Å². The summed E-state index contributed by atoms with van der Waals surface area (Å²) in [6, 6.07) is 0. The molecule has 0 radical (unpaired) electrons. The number of carbonyl (C=O) groups is 1. The molecule has 0 aliphatic rings. The van der Waals surface area contributed by atoms with Crippen molar-refractivity contribution in [3.05, 3.63) is 12.3 Å². The van der Waals surface area contributed by atoms with Crippen LogP contribution in [-0.2, 0) is 19.2 Å². The van der Waals surface area contributed by atoms with E-state index < -0.39 is 10.1 Å². The number of nitrogens with one attached hydrogen (secondary N) is 1. The second-order valence-electron chi connectivity index (χ2n) is 5.98. The number of allylic oxidation sites excluding steroid dienone is 1. The minimum Gasteiger partial charge on any atom is -1.00 e. The van der Waals surface area contributed by atoms with Crippen molar-refractivity contribution in [3.63, 3.8) is 0 Å². The van der Waals surface area contributed by atoms with Gasteiger partial charge in [0.05, 0.1) is 11.4 Å². The van der Waals surface area contributed by atoms with Crippen molar-refractivity contribution >= 4 is 16.4 Å². The maximum absolute atomic E-state index is 11.5. The van der Waals surface area contributed by atoms with Gasteiger partial charge in [-0.25, -0.2) is 5.48 Å². The fraction of sp³-hybridized carbons (Fsp3) is 0.824. The Morgan fingerprint density at radius 1 is 0.958 bits per heavy atom. The van der Waals surface area contributed by atoms with Crippen molar-refractivity contribution in [2.75, 3.05) is 5.75 Å². The van der Waals surface area contributed by atoms with Gasteiger partial charge in [-0.05, 0) is 6.42 Å². The first-order valence-corrected chi connectivity index (χ1v) is 10.4. The van der Waals surface area contributed by atoms with Gasteiger partial charge in [0.1, 0.15) is 0 Å². The van der Waals surface area contributed by atoms with Crippen molar-refractivity contribution in [2.24, 2.45) is 0 Å². The molecule has 0 aromatic carbocycles. The minimum atomic E-state index is -3.63. The summed E-state index contributed by atoms with van der Waals surface area (Å²) in [4.78, 5) is 10.3. The Labute approximate surface area is 171 Å². The van der Waals surface area contributed by atoms with Gasteiger partial charge in [0, 0.05) is 0 Å². The molecule has 0 aliphatic carbocycles. The number of unbranched alkanes of at least 4 members (excludes halogenated alkanes) is 11. The summed E-state index contributed by atoms with van der Waals surface area (Å²) in [5, 5.41) is 0. The quantitative estimate of drug-likeness (QED) is 0.137. The smallest absolute Gasteiger partial charge is 1.00 e. The molecule has 0 heterocycles. The van der Waals surface area contributed by atoms with Crippen molar-refractivity contribution < 1.29 is 48.5 Å². The minimum absolute atomic E-state index is 0. The molecule has 0 aromatic heterocycles. The van der Waals surface area contributed by atoms with Gasteiger partial charge in [0.2, 0.25) is 0 Å². The van der Waals surface area contributed by atoms with Gasteiger partial charge in [-0.2, -0.15) is 12.7 Å². The Morgan fingerprint density at radius 3 is 1.79 bits per heavy atom. The van der Waals surface area contributed by atoms with Gasteiger partial charge in [-0.15, -0.1) is 0 Å². The number of carbonyl (C=O) groups excluding carboxylic acids is 1. The van der Waals surface area contributed by atoms with Crippen LogP contribution in [0, 0.1) is 0 Å². The van der Waals surface area contributed by atoms with E-state index in [1.54, 1.807) is 0 Å². The van der Waals surface area contributed by atoms with E-state index in [1.807, 2.05) is 5.48 Å². The summed E-state index contributed by atoms with van der Waals surface area (Å²) in [6.45, 7) is 5.51. The van der Waals surface area contributed by atoms with E-state index in [-0.39, 0.29) is 42.4 Å². The molecule has 0 rings (SSSR count). The van der Waals surface area contributed by atoms with Crippen molar-refractivity contribution in [1.29, 1.82) is 0 Å². The molecule has 138 valence electrons. The summed E-state index contributed by atoms with van der Waals surface area (Å²) in [5.41, 5.74) is 1.91. The average molecular weight is 372 g/mol. The predicted molar refractivity (Wildman–Crippen MR) is 95.4 cm³/mol. The Kier molecular flexibility index (Phi) is 19.7. The molecule has 0 saturated heterocycles. The molecular formula is C17H34NNaO4S. The number of aldehydes is 1. The number of hydroxylamine groups is 1. The Morgan fingerprint density at radius 2 is 1.38 bits per heavy atom. The van der Waals surface area contributed by atoms with Crippen LogP contribution in [0.1, 0.15) is 85.4 Å². The Balaban J connectivity index is -0.00000242. The van der Waals surface area contributed by atoms with E-state index in [1.165, 1.54) is 51.4 Å². The first-order chi connectivity index (χ1) is 11.0. The third-order valence-electron chi connectivity index (χ3n) is 3.69. The van der Waals surface area contributed by atoms with Gasteiger partial charge in [0.15, 0.2) is 6.29 Å². The van der Waals surface area contributed by atoms with E-state index in [9.17, 15) is 13.2 Å². The largest absolute Gasteiger partial charge is 1.00 e. The summed E-state index contributed by atoms with van der Waals surface area (Å²) in [6.07, 6.45) is 14.6. The molecule has 0 fully saturated rings. The summed E-state index contributed by atoms with van der Waals surface area (Å²) >= 11 is 0. The molecule has 1 N–H and O–H groups in total. The van der Waals surface area contributed by atoms with Crippen molar-refractivity contribution in [1.82, 2.24) is 5.48 Å². The Hall–Kier alpha value is 0.120. The van der Waals surface area contributed by atoms with E-state index in [0.29, 0.717) is 12.7 Å². The summed E-state index contributed by atoms with van der Waals surface area (Å²) in [5.74, 6) is -0.0381. The second kappa shape index (κ2) is 17.9. The van der Waals surface area contributed by atoms with Crippen LogP contribution in [0.5, 0.6) is 0 Å². The number of hydrogen-bond donors (Lipinski definition) is 1. The predicted octanol–water partition coefficient (Wildman–Crippen LogP) is 1.37. The number of hydrogen-bond acceptors (Lipinski definition) is 5. The summed E-state index contributed by atoms with van der Waals surface area (Å²) in [7, 11) is -3.63. The van der Waals surface area contributed by atoms with Gasteiger partial charge >= 0.3 is 29.6 Å². The maximum atomic E-state index is 11.5. The van der Waals surface area contributed by atoms with Crippen LogP contribution in [0.25, 0.3) is 0 Å². The zero-order valence-electron chi connectivity index (χ0n) is 16.5.